The van der Waals surface area contributed by atoms with E-state index in [9.17, 15) is 18.0 Å². The van der Waals surface area contributed by atoms with Gasteiger partial charge in [0.15, 0.2) is 5.65 Å². The van der Waals surface area contributed by atoms with Crippen LogP contribution in [0.15, 0.2) is 42.6 Å². The van der Waals surface area contributed by atoms with Crippen LogP contribution in [-0.4, -0.2) is 46.7 Å². The monoisotopic (exact) mass is 419 g/mol. The highest BCUT2D eigenvalue weighted by molar-refractivity contribution is 5.97. The maximum absolute atomic E-state index is 13.0. The molecule has 0 radical (unpaired) electrons. The van der Waals surface area contributed by atoms with Crippen LogP contribution in [0.4, 0.5) is 19.1 Å². The Bertz CT molecular complexity index is 1060. The number of hydrogen-bond acceptors (Lipinski definition) is 5. The highest BCUT2D eigenvalue weighted by Crippen LogP contribution is 2.30. The number of carbonyl (C=O) groups is 1. The fourth-order valence-electron chi connectivity index (χ4n) is 3.58. The maximum atomic E-state index is 13.0. The Kier molecular flexibility index (Phi) is 5.23. The zero-order valence-corrected chi connectivity index (χ0v) is 16.2. The Morgan fingerprint density at radius 2 is 1.87 bits per heavy atom. The number of rotatable bonds is 4. The lowest BCUT2D eigenvalue weighted by molar-refractivity contribution is -0.137. The molecule has 4 rings (SSSR count). The number of amides is 1. The van der Waals surface area contributed by atoms with Crippen LogP contribution < -0.4 is 15.0 Å². The molecule has 0 unspecified atom stereocenters. The van der Waals surface area contributed by atoms with Crippen molar-refractivity contribution in [2.45, 2.75) is 25.1 Å². The van der Waals surface area contributed by atoms with Gasteiger partial charge in [-0.05, 0) is 37.1 Å². The standard InChI is InChI=1S/C20H20F3N5O2/c1-30-16-5-3-2-4-15(16)18(29)24-14-8-10-27(11-9-14)19-26-25-17-7-6-13(12-28(17)19)20(21,22)23/h2-7,12,14H,8-11H2,1H3,(H,24,29). The van der Waals surface area contributed by atoms with Crippen molar-refractivity contribution in [2.75, 3.05) is 25.1 Å². The molecule has 1 amide bonds. The van der Waals surface area contributed by atoms with Gasteiger partial charge >= 0.3 is 6.18 Å². The maximum Gasteiger partial charge on any atom is 0.417 e. The van der Waals surface area contributed by atoms with Gasteiger partial charge in [-0.15, -0.1) is 10.2 Å². The van der Waals surface area contributed by atoms with Crippen LogP contribution in [0.25, 0.3) is 5.65 Å². The van der Waals surface area contributed by atoms with E-state index in [1.165, 1.54) is 17.6 Å². The van der Waals surface area contributed by atoms with Gasteiger partial charge in [-0.3, -0.25) is 9.20 Å². The predicted octanol–water partition coefficient (Wildman–Crippen LogP) is 3.16. The molecule has 1 fully saturated rings. The van der Waals surface area contributed by atoms with E-state index in [1.807, 2.05) is 4.90 Å². The molecule has 0 bridgehead atoms. The van der Waals surface area contributed by atoms with E-state index >= 15 is 0 Å². The van der Waals surface area contributed by atoms with Crippen molar-refractivity contribution in [1.82, 2.24) is 19.9 Å². The molecule has 30 heavy (non-hydrogen) atoms. The molecule has 10 heteroatoms. The first-order valence-electron chi connectivity index (χ1n) is 9.47. The van der Waals surface area contributed by atoms with E-state index in [2.05, 4.69) is 15.5 Å². The minimum atomic E-state index is -4.44. The Hall–Kier alpha value is -3.30. The highest BCUT2D eigenvalue weighted by Gasteiger charge is 2.32. The first kappa shape index (κ1) is 20.0. The molecule has 0 atom stereocenters. The van der Waals surface area contributed by atoms with E-state index in [0.717, 1.165) is 12.3 Å². The van der Waals surface area contributed by atoms with Crippen LogP contribution >= 0.6 is 0 Å². The van der Waals surface area contributed by atoms with E-state index in [4.69, 9.17) is 4.74 Å². The van der Waals surface area contributed by atoms with Gasteiger partial charge in [0.2, 0.25) is 5.95 Å². The molecule has 1 N–H and O–H groups in total. The minimum absolute atomic E-state index is 0.0522. The van der Waals surface area contributed by atoms with Gasteiger partial charge in [0.25, 0.3) is 5.91 Å². The van der Waals surface area contributed by atoms with Crippen molar-refractivity contribution in [3.8, 4) is 5.75 Å². The molecule has 1 aliphatic heterocycles. The molecule has 3 heterocycles. The topological polar surface area (TPSA) is 71.8 Å². The summed E-state index contributed by atoms with van der Waals surface area (Å²) in [4.78, 5) is 14.5. The molecule has 158 valence electrons. The van der Waals surface area contributed by atoms with Gasteiger partial charge in [-0.2, -0.15) is 13.2 Å². The fraction of sp³-hybridized carbons (Fsp3) is 0.350. The lowest BCUT2D eigenvalue weighted by atomic mass is 10.0. The van der Waals surface area contributed by atoms with Crippen molar-refractivity contribution in [3.63, 3.8) is 0 Å². The molecule has 1 aliphatic rings. The largest absolute Gasteiger partial charge is 0.496 e. The number of piperidine rings is 1. The molecular weight excluding hydrogens is 399 g/mol. The highest BCUT2D eigenvalue weighted by atomic mass is 19.4. The quantitative estimate of drug-likeness (QED) is 0.704. The number of methoxy groups -OCH3 is 1. The number of anilines is 1. The number of fused-ring (bicyclic) bond motifs is 1. The normalized spacial score (nSPS) is 15.4. The summed E-state index contributed by atoms with van der Waals surface area (Å²) < 4.78 is 45.7. The number of para-hydroxylation sites is 1. The molecule has 0 aliphatic carbocycles. The van der Waals surface area contributed by atoms with Crippen LogP contribution in [0.5, 0.6) is 5.75 Å². The van der Waals surface area contributed by atoms with E-state index < -0.39 is 11.7 Å². The van der Waals surface area contributed by atoms with Crippen LogP contribution in [0.2, 0.25) is 0 Å². The second-order valence-electron chi connectivity index (χ2n) is 7.08. The van der Waals surface area contributed by atoms with Crippen molar-refractivity contribution >= 4 is 17.5 Å². The first-order valence-corrected chi connectivity index (χ1v) is 9.47. The van der Waals surface area contributed by atoms with Gasteiger partial charge < -0.3 is 15.0 Å². The Morgan fingerprint density at radius 3 is 2.57 bits per heavy atom. The summed E-state index contributed by atoms with van der Waals surface area (Å²) in [5.41, 5.74) is 0.0603. The van der Waals surface area contributed by atoms with E-state index in [1.54, 1.807) is 24.3 Å². The average Bonchev–Trinajstić information content (AvgIpc) is 3.17. The number of benzene rings is 1. The molecule has 0 saturated carbocycles. The zero-order valence-electron chi connectivity index (χ0n) is 16.2. The van der Waals surface area contributed by atoms with Gasteiger partial charge in [0.1, 0.15) is 5.75 Å². The summed E-state index contributed by atoms with van der Waals surface area (Å²) in [7, 11) is 1.51. The third-order valence-corrected chi connectivity index (χ3v) is 5.18. The summed E-state index contributed by atoms with van der Waals surface area (Å²) in [6.07, 6.45) is -2.16. The molecule has 1 saturated heterocycles. The van der Waals surface area contributed by atoms with Crippen molar-refractivity contribution in [3.05, 3.63) is 53.7 Å². The summed E-state index contributed by atoms with van der Waals surface area (Å²) >= 11 is 0. The third kappa shape index (κ3) is 3.89. The Labute approximate surface area is 170 Å². The lowest BCUT2D eigenvalue weighted by Crippen LogP contribution is -2.45. The number of nitrogens with zero attached hydrogens (tertiary/aromatic N) is 4. The smallest absolute Gasteiger partial charge is 0.417 e. The number of halogens is 3. The van der Waals surface area contributed by atoms with E-state index in [-0.39, 0.29) is 11.9 Å². The van der Waals surface area contributed by atoms with Crippen LogP contribution in [0.1, 0.15) is 28.8 Å². The lowest BCUT2D eigenvalue weighted by Gasteiger charge is -2.32. The fourth-order valence-corrected chi connectivity index (χ4v) is 3.58. The van der Waals surface area contributed by atoms with Gasteiger partial charge in [-0.1, -0.05) is 12.1 Å². The zero-order chi connectivity index (χ0) is 21.3. The summed E-state index contributed by atoms with van der Waals surface area (Å²) in [6.45, 7) is 1.07. The molecule has 3 aromatic rings. The third-order valence-electron chi connectivity index (χ3n) is 5.18. The Morgan fingerprint density at radius 1 is 1.13 bits per heavy atom. The second-order valence-corrected chi connectivity index (χ2v) is 7.08. The number of aromatic nitrogens is 3. The number of nitrogens with one attached hydrogen (secondary N) is 1. The van der Waals surface area contributed by atoms with E-state index in [0.29, 0.717) is 48.8 Å². The van der Waals surface area contributed by atoms with Crippen molar-refractivity contribution < 1.29 is 22.7 Å². The summed E-state index contributed by atoms with van der Waals surface area (Å²) in [6, 6.07) is 9.23. The Balaban J connectivity index is 1.44. The molecular formula is C20H20F3N5O2. The predicted molar refractivity (Wildman–Crippen MR) is 104 cm³/mol. The number of pyridine rings is 1. The second kappa shape index (κ2) is 7.85. The van der Waals surface area contributed by atoms with Gasteiger partial charge in [0.05, 0.1) is 18.2 Å². The number of carbonyl (C=O) groups excluding carboxylic acids is 1. The van der Waals surface area contributed by atoms with Gasteiger partial charge in [0, 0.05) is 25.3 Å². The number of alkyl halides is 3. The minimum Gasteiger partial charge on any atom is -0.496 e. The summed E-state index contributed by atoms with van der Waals surface area (Å²) in [5.74, 6) is 0.655. The number of hydrogen-bond donors (Lipinski definition) is 1. The molecule has 0 spiro atoms. The first-order chi connectivity index (χ1) is 14.4. The SMILES string of the molecule is COc1ccccc1C(=O)NC1CCN(c2nnc3ccc(C(F)(F)F)cn23)CC1. The average molecular weight is 419 g/mol. The number of ether oxygens (including phenoxy) is 1. The molecule has 7 nitrogen and oxygen atoms in total. The van der Waals surface area contributed by atoms with Crippen molar-refractivity contribution in [2.24, 2.45) is 0 Å². The molecule has 1 aromatic carbocycles. The van der Waals surface area contributed by atoms with Crippen LogP contribution in [-0.2, 0) is 6.18 Å². The van der Waals surface area contributed by atoms with Crippen molar-refractivity contribution in [1.29, 1.82) is 0 Å². The van der Waals surface area contributed by atoms with Crippen LogP contribution in [0, 0.1) is 0 Å². The summed E-state index contributed by atoms with van der Waals surface area (Å²) in [5, 5.41) is 11.0. The molecule has 2 aromatic heterocycles. The van der Waals surface area contributed by atoms with Gasteiger partial charge in [-0.25, -0.2) is 0 Å². The van der Waals surface area contributed by atoms with Crippen LogP contribution in [0.3, 0.4) is 0 Å².